The number of Topliss-reactive ketones (excluding diaryl/α,β-unsaturated/α-hetero) is 3. The molecule has 2 aliphatic heterocycles. The number of ketones is 3. The average Bonchev–Trinajstić information content (AvgIpc) is 3.26. The minimum atomic E-state index is -0.827. The van der Waals surface area contributed by atoms with Gasteiger partial charge in [-0.25, -0.2) is 8.78 Å². The normalized spacial score (nSPS) is 22.0. The van der Waals surface area contributed by atoms with Crippen LogP contribution in [-0.2, 0) is 4.79 Å². The van der Waals surface area contributed by atoms with E-state index in [9.17, 15) is 10.2 Å². The molecule has 6 rings (SSSR count). The van der Waals surface area contributed by atoms with Crippen molar-refractivity contribution in [3.05, 3.63) is 130 Å². The van der Waals surface area contributed by atoms with E-state index in [0.29, 0.717) is 72.6 Å². The van der Waals surface area contributed by atoms with Crippen molar-refractivity contribution in [2.75, 3.05) is 52.4 Å². The summed E-state index contributed by atoms with van der Waals surface area (Å²) in [5.41, 5.74) is 2.37. The molecule has 0 radical (unpaired) electrons. The van der Waals surface area contributed by atoms with Crippen LogP contribution in [-0.4, -0.2) is 101 Å². The first kappa shape index (κ1) is 50.6. The molecule has 6 unspecified atom stereocenters. The first-order valence-electron chi connectivity index (χ1n) is 23.9. The molecule has 0 aliphatic carbocycles. The van der Waals surface area contributed by atoms with Crippen molar-refractivity contribution in [3.8, 4) is 11.5 Å². The number of benzene rings is 4. The molecule has 2 aliphatic rings. The van der Waals surface area contributed by atoms with E-state index < -0.39 is 47.1 Å². The number of hydrogen-bond donors (Lipinski definition) is 4. The van der Waals surface area contributed by atoms with E-state index in [-0.39, 0.29) is 39.9 Å². The van der Waals surface area contributed by atoms with Gasteiger partial charge >= 0.3 is 0 Å². The molecule has 2 heterocycles. The maximum Gasteiger partial charge on any atom is 0.167 e. The smallest absolute Gasteiger partial charge is 0.167 e. The number of hydrogen-bond acceptors (Lipinski definition) is 9. The summed E-state index contributed by atoms with van der Waals surface area (Å²) in [5.74, 6) is -6.40. The van der Waals surface area contributed by atoms with E-state index in [0.717, 1.165) is 38.8 Å². The minimum Gasteiger partial charge on any atom is -0.508 e. The molecule has 356 valence electrons. The van der Waals surface area contributed by atoms with Crippen molar-refractivity contribution in [2.45, 2.75) is 104 Å². The van der Waals surface area contributed by atoms with E-state index in [2.05, 4.69) is 62.0 Å². The van der Waals surface area contributed by atoms with E-state index in [1.807, 2.05) is 12.1 Å². The van der Waals surface area contributed by atoms with Gasteiger partial charge in [0, 0.05) is 83.9 Å². The van der Waals surface area contributed by atoms with Gasteiger partial charge in [0.15, 0.2) is 11.6 Å². The summed E-state index contributed by atoms with van der Waals surface area (Å²) in [6.07, 6.45) is 3.33. The number of halogens is 2. The zero-order valence-electron chi connectivity index (χ0n) is 40.3. The Balaban J connectivity index is 1.49. The van der Waals surface area contributed by atoms with Gasteiger partial charge < -0.3 is 30.6 Å². The predicted octanol–water partition coefficient (Wildman–Crippen LogP) is 9.63. The summed E-state index contributed by atoms with van der Waals surface area (Å²) in [6.45, 7) is 20.1. The summed E-state index contributed by atoms with van der Waals surface area (Å²) in [6, 6.07) is 22.2. The molecule has 4 N–H and O–H groups in total. The molecule has 9 nitrogen and oxygen atoms in total. The number of unbranched alkanes of at least 4 members (excludes halogenated alkanes) is 2. The maximum atomic E-state index is 16.3. The Hall–Kier alpha value is -4.81. The first-order chi connectivity index (χ1) is 31.2. The number of phenolic OH excluding ortho intramolecular Hbond substituents is 2. The van der Waals surface area contributed by atoms with Gasteiger partial charge in [-0.1, -0.05) is 48.5 Å². The van der Waals surface area contributed by atoms with Gasteiger partial charge in [0.2, 0.25) is 0 Å². The van der Waals surface area contributed by atoms with Gasteiger partial charge in [-0.15, -0.1) is 0 Å². The Morgan fingerprint density at radius 3 is 1.29 bits per heavy atom. The van der Waals surface area contributed by atoms with Gasteiger partial charge in [-0.3, -0.25) is 14.4 Å². The molecule has 4 aromatic rings. The fourth-order valence-corrected chi connectivity index (χ4v) is 10.4. The van der Waals surface area contributed by atoms with Crippen LogP contribution in [0.4, 0.5) is 8.78 Å². The lowest BCUT2D eigenvalue weighted by atomic mass is 9.62. The topological polar surface area (TPSA) is 122 Å². The van der Waals surface area contributed by atoms with Gasteiger partial charge in [0.1, 0.15) is 28.9 Å². The summed E-state index contributed by atoms with van der Waals surface area (Å²) in [7, 11) is 0. The van der Waals surface area contributed by atoms with Crippen molar-refractivity contribution in [1.29, 1.82) is 0 Å². The number of piperidine rings is 2. The number of carbonyl (C=O) groups excluding carboxylic acids is 3. The second-order valence-electron chi connectivity index (χ2n) is 20.9. The van der Waals surface area contributed by atoms with Gasteiger partial charge in [-0.05, 0) is 166 Å². The fourth-order valence-electron chi connectivity index (χ4n) is 10.4. The highest BCUT2D eigenvalue weighted by Crippen LogP contribution is 2.48. The molecular weight excluding hydrogens is 835 g/mol. The van der Waals surface area contributed by atoms with E-state index in [1.165, 1.54) is 36.4 Å². The second kappa shape index (κ2) is 21.9. The lowest BCUT2D eigenvalue weighted by molar-refractivity contribution is -0.133. The van der Waals surface area contributed by atoms with E-state index in [1.54, 1.807) is 50.2 Å². The number of nitrogens with zero attached hydrogens (tertiary/aromatic N) is 2. The van der Waals surface area contributed by atoms with Crippen LogP contribution in [0.5, 0.6) is 11.5 Å². The predicted molar refractivity (Wildman–Crippen MR) is 258 cm³/mol. The lowest BCUT2D eigenvalue weighted by Gasteiger charge is -2.48. The highest BCUT2D eigenvalue weighted by Gasteiger charge is 2.51. The molecule has 0 bridgehead atoms. The molecule has 2 saturated heterocycles. The third-order valence-electron chi connectivity index (χ3n) is 13.7. The molecule has 0 spiro atoms. The number of nitrogens with one attached hydrogen (secondary N) is 2. The monoisotopic (exact) mass is 907 g/mol. The van der Waals surface area contributed by atoms with Crippen molar-refractivity contribution < 1.29 is 33.4 Å². The number of carbonyl (C=O) groups is 3. The Bertz CT molecular complexity index is 2160. The minimum absolute atomic E-state index is 0.0503. The molecular formula is C55H72F2N4O5. The Morgan fingerprint density at radius 1 is 0.561 bits per heavy atom. The van der Waals surface area contributed by atoms with Gasteiger partial charge in [-0.2, -0.15) is 0 Å². The molecule has 6 atom stereocenters. The SMILES string of the molecule is Cc1c(F)cccc1C1C(C(=O)c2cccc(O)c2)CN(CCCCNC(C)(C)C)CC1C(=O)C1CN(CCCCNC(C)(C)C)CC(C(=O)c2cccc(O)c2)C1c1cccc(F)c1C. The van der Waals surface area contributed by atoms with Crippen LogP contribution in [0.15, 0.2) is 84.9 Å². The number of rotatable bonds is 18. The molecule has 11 heteroatoms. The van der Waals surface area contributed by atoms with Gasteiger partial charge in [0.05, 0.1) is 0 Å². The molecule has 0 aromatic heterocycles. The molecule has 66 heavy (non-hydrogen) atoms. The Kier molecular flexibility index (Phi) is 16.8. The van der Waals surface area contributed by atoms with Crippen LogP contribution < -0.4 is 10.6 Å². The molecule has 2 fully saturated rings. The van der Waals surface area contributed by atoms with Crippen molar-refractivity contribution >= 4 is 17.3 Å². The van der Waals surface area contributed by atoms with Crippen LogP contribution in [0.2, 0.25) is 0 Å². The van der Waals surface area contributed by atoms with Crippen LogP contribution in [0.3, 0.4) is 0 Å². The maximum absolute atomic E-state index is 16.3. The molecule has 0 saturated carbocycles. The Labute approximate surface area is 391 Å². The van der Waals surface area contributed by atoms with Gasteiger partial charge in [0.25, 0.3) is 0 Å². The van der Waals surface area contributed by atoms with Crippen molar-refractivity contribution in [2.24, 2.45) is 23.7 Å². The summed E-state index contributed by atoms with van der Waals surface area (Å²) in [5, 5.41) is 28.2. The molecule has 4 aromatic carbocycles. The number of aromatic hydroxyl groups is 2. The highest BCUT2D eigenvalue weighted by atomic mass is 19.1. The first-order valence-corrected chi connectivity index (χ1v) is 23.9. The zero-order chi connectivity index (χ0) is 47.9. The third kappa shape index (κ3) is 12.8. The Morgan fingerprint density at radius 2 is 0.924 bits per heavy atom. The fraction of sp³-hybridized carbons (Fsp3) is 0.509. The summed E-state index contributed by atoms with van der Waals surface area (Å²) >= 11 is 0. The van der Waals surface area contributed by atoms with Crippen LogP contribution >= 0.6 is 0 Å². The largest absolute Gasteiger partial charge is 0.508 e. The lowest BCUT2D eigenvalue weighted by Crippen LogP contribution is -2.56. The van der Waals surface area contributed by atoms with Crippen LogP contribution in [0, 0.1) is 49.2 Å². The average molecular weight is 907 g/mol. The van der Waals surface area contributed by atoms with E-state index in [4.69, 9.17) is 0 Å². The van der Waals surface area contributed by atoms with Crippen LogP contribution in [0.25, 0.3) is 0 Å². The van der Waals surface area contributed by atoms with E-state index >= 15 is 23.2 Å². The molecule has 0 amide bonds. The highest BCUT2D eigenvalue weighted by molar-refractivity contribution is 6.01. The second-order valence-corrected chi connectivity index (χ2v) is 20.9. The van der Waals surface area contributed by atoms with Crippen molar-refractivity contribution in [1.82, 2.24) is 20.4 Å². The quantitative estimate of drug-likeness (QED) is 0.0572. The number of likely N-dealkylation sites (tertiary alicyclic amines) is 2. The summed E-state index contributed by atoms with van der Waals surface area (Å²) < 4.78 is 31.6. The standard InChI is InChI=1S/C55H72F2N4O5/c1-35-41(21-15-23-47(35)56)49-43(51(64)37-17-13-19-39(62)29-37)31-60(27-11-9-25-58-54(3,4)5)33-45(49)53(66)46-34-61(28-12-10-26-59-55(6,7)8)32-44(52(65)38-18-14-20-40(63)30-38)50(46)42-22-16-24-48(57)36(42)2/h13-24,29-30,43-46,49-50,58-59,62-63H,9-12,25-28,31-34H2,1-8H3. The summed E-state index contributed by atoms with van der Waals surface area (Å²) in [4.78, 5) is 50.7. The van der Waals surface area contributed by atoms with Crippen molar-refractivity contribution in [3.63, 3.8) is 0 Å². The number of phenols is 2. The third-order valence-corrected chi connectivity index (χ3v) is 13.7. The zero-order valence-corrected chi connectivity index (χ0v) is 40.3. The van der Waals surface area contributed by atoms with Crippen LogP contribution in [0.1, 0.15) is 122 Å².